The standard InChI is InChI=1S/C14H27N5O/c1-6-15-14(17-11(4)8-7-10(2)3)16-9-13-18-12(5)20-19-13/h10-11H,6-9H2,1-5H3,(H2,15,16,17). The second-order valence-electron chi connectivity index (χ2n) is 5.44. The summed E-state index contributed by atoms with van der Waals surface area (Å²) in [4.78, 5) is 8.61. The normalized spacial score (nSPS) is 13.6. The molecule has 1 atom stereocenters. The summed E-state index contributed by atoms with van der Waals surface area (Å²) >= 11 is 0. The highest BCUT2D eigenvalue weighted by Gasteiger charge is 2.07. The molecule has 1 aromatic heterocycles. The molecule has 0 radical (unpaired) electrons. The zero-order chi connectivity index (χ0) is 15.0. The molecule has 0 spiro atoms. The lowest BCUT2D eigenvalue weighted by Crippen LogP contribution is -2.42. The van der Waals surface area contributed by atoms with Crippen LogP contribution in [0.3, 0.4) is 0 Å². The Balaban J connectivity index is 2.49. The van der Waals surface area contributed by atoms with Crippen LogP contribution in [0.15, 0.2) is 9.52 Å². The van der Waals surface area contributed by atoms with Crippen LogP contribution in [0.1, 0.15) is 52.3 Å². The lowest BCUT2D eigenvalue weighted by atomic mass is 10.0. The first kappa shape index (κ1) is 16.5. The maximum Gasteiger partial charge on any atom is 0.223 e. The number of nitrogens with one attached hydrogen (secondary N) is 2. The molecule has 6 heteroatoms. The number of guanidine groups is 1. The van der Waals surface area contributed by atoms with E-state index in [4.69, 9.17) is 4.52 Å². The first-order valence-electron chi connectivity index (χ1n) is 7.35. The highest BCUT2D eigenvalue weighted by molar-refractivity contribution is 5.79. The number of hydrogen-bond donors (Lipinski definition) is 2. The number of aromatic nitrogens is 2. The summed E-state index contributed by atoms with van der Waals surface area (Å²) in [6.45, 7) is 11.7. The van der Waals surface area contributed by atoms with Crippen molar-refractivity contribution in [2.75, 3.05) is 6.54 Å². The van der Waals surface area contributed by atoms with Crippen LogP contribution in [0.5, 0.6) is 0 Å². The minimum atomic E-state index is 0.391. The van der Waals surface area contributed by atoms with Crippen molar-refractivity contribution in [3.8, 4) is 0 Å². The number of aryl methyl sites for hydroxylation is 1. The molecule has 1 heterocycles. The van der Waals surface area contributed by atoms with Crippen LogP contribution >= 0.6 is 0 Å². The summed E-state index contributed by atoms with van der Waals surface area (Å²) < 4.78 is 4.93. The molecule has 6 nitrogen and oxygen atoms in total. The van der Waals surface area contributed by atoms with Gasteiger partial charge in [0, 0.05) is 19.5 Å². The Morgan fingerprint density at radius 3 is 2.60 bits per heavy atom. The summed E-state index contributed by atoms with van der Waals surface area (Å²) in [5.74, 6) is 2.69. The summed E-state index contributed by atoms with van der Waals surface area (Å²) in [5, 5.41) is 10.5. The zero-order valence-electron chi connectivity index (χ0n) is 13.2. The molecule has 0 aliphatic heterocycles. The van der Waals surface area contributed by atoms with Crippen molar-refractivity contribution in [2.45, 2.75) is 60.0 Å². The SMILES string of the molecule is CCNC(=NCc1noc(C)n1)NC(C)CCC(C)C. The second-order valence-corrected chi connectivity index (χ2v) is 5.44. The van der Waals surface area contributed by atoms with Crippen molar-refractivity contribution < 1.29 is 4.52 Å². The molecule has 0 saturated heterocycles. The molecule has 1 unspecified atom stereocenters. The molecule has 0 aliphatic rings. The number of hydrogen-bond acceptors (Lipinski definition) is 4. The topological polar surface area (TPSA) is 75.3 Å². The summed E-state index contributed by atoms with van der Waals surface area (Å²) in [7, 11) is 0. The quantitative estimate of drug-likeness (QED) is 0.592. The third-order valence-electron chi connectivity index (χ3n) is 2.85. The highest BCUT2D eigenvalue weighted by atomic mass is 16.5. The van der Waals surface area contributed by atoms with Crippen LogP contribution in [0, 0.1) is 12.8 Å². The van der Waals surface area contributed by atoms with E-state index in [0.717, 1.165) is 24.8 Å². The minimum absolute atomic E-state index is 0.391. The van der Waals surface area contributed by atoms with E-state index in [1.54, 1.807) is 6.92 Å². The second kappa shape index (κ2) is 8.55. The monoisotopic (exact) mass is 281 g/mol. The largest absolute Gasteiger partial charge is 0.357 e. The van der Waals surface area contributed by atoms with Gasteiger partial charge in [-0.15, -0.1) is 0 Å². The van der Waals surface area contributed by atoms with Crippen molar-refractivity contribution in [1.29, 1.82) is 0 Å². The fourth-order valence-electron chi connectivity index (χ4n) is 1.76. The van der Waals surface area contributed by atoms with Gasteiger partial charge in [0.25, 0.3) is 0 Å². The van der Waals surface area contributed by atoms with E-state index in [1.165, 1.54) is 6.42 Å². The van der Waals surface area contributed by atoms with Gasteiger partial charge >= 0.3 is 0 Å². The van der Waals surface area contributed by atoms with Crippen LogP contribution in [0.4, 0.5) is 0 Å². The Morgan fingerprint density at radius 1 is 1.30 bits per heavy atom. The van der Waals surface area contributed by atoms with Crippen molar-refractivity contribution in [1.82, 2.24) is 20.8 Å². The Bertz CT molecular complexity index is 413. The van der Waals surface area contributed by atoms with Gasteiger partial charge < -0.3 is 15.2 Å². The molecule has 1 rings (SSSR count). The molecule has 20 heavy (non-hydrogen) atoms. The van der Waals surface area contributed by atoms with Crippen LogP contribution in [0.2, 0.25) is 0 Å². The first-order chi connectivity index (χ1) is 9.51. The molecule has 0 bridgehead atoms. The third-order valence-corrected chi connectivity index (χ3v) is 2.85. The Kier molecular flexibility index (Phi) is 7.04. The molecule has 0 aliphatic carbocycles. The third kappa shape index (κ3) is 6.54. The Labute approximate surface area is 121 Å². The number of nitrogens with zero attached hydrogens (tertiary/aromatic N) is 3. The van der Waals surface area contributed by atoms with Gasteiger partial charge in [0.15, 0.2) is 11.8 Å². The molecular weight excluding hydrogens is 254 g/mol. The molecule has 2 N–H and O–H groups in total. The average Bonchev–Trinajstić information content (AvgIpc) is 2.80. The van der Waals surface area contributed by atoms with Crippen LogP contribution in [-0.4, -0.2) is 28.7 Å². The summed E-state index contributed by atoms with van der Waals surface area (Å²) in [6.07, 6.45) is 2.33. The van der Waals surface area contributed by atoms with E-state index in [-0.39, 0.29) is 0 Å². The van der Waals surface area contributed by atoms with Crippen molar-refractivity contribution in [3.05, 3.63) is 11.7 Å². The lowest BCUT2D eigenvalue weighted by Gasteiger charge is -2.18. The van der Waals surface area contributed by atoms with Crippen LogP contribution in [-0.2, 0) is 6.54 Å². The van der Waals surface area contributed by atoms with E-state index in [9.17, 15) is 0 Å². The van der Waals surface area contributed by atoms with Crippen molar-refractivity contribution in [3.63, 3.8) is 0 Å². The smallest absolute Gasteiger partial charge is 0.223 e. The minimum Gasteiger partial charge on any atom is -0.357 e. The predicted molar refractivity (Wildman–Crippen MR) is 80.5 cm³/mol. The Morgan fingerprint density at radius 2 is 2.05 bits per heavy atom. The first-order valence-corrected chi connectivity index (χ1v) is 7.35. The van der Waals surface area contributed by atoms with E-state index < -0.39 is 0 Å². The fraction of sp³-hybridized carbons (Fsp3) is 0.786. The van der Waals surface area contributed by atoms with Crippen molar-refractivity contribution >= 4 is 5.96 Å². The van der Waals surface area contributed by atoms with Gasteiger partial charge in [-0.3, -0.25) is 0 Å². The summed E-state index contributed by atoms with van der Waals surface area (Å²) in [5.41, 5.74) is 0. The number of aliphatic imine (C=N–C) groups is 1. The lowest BCUT2D eigenvalue weighted by molar-refractivity contribution is 0.387. The van der Waals surface area contributed by atoms with Gasteiger partial charge in [-0.05, 0) is 32.6 Å². The van der Waals surface area contributed by atoms with Gasteiger partial charge in [0.05, 0.1) is 0 Å². The molecule has 0 fully saturated rings. The molecule has 0 saturated carbocycles. The van der Waals surface area contributed by atoms with Gasteiger partial charge in [0.1, 0.15) is 6.54 Å². The molecule has 1 aromatic rings. The van der Waals surface area contributed by atoms with Gasteiger partial charge in [-0.1, -0.05) is 19.0 Å². The van der Waals surface area contributed by atoms with Gasteiger partial charge in [-0.2, -0.15) is 4.98 Å². The molecule has 114 valence electrons. The van der Waals surface area contributed by atoms with Crippen molar-refractivity contribution in [2.24, 2.45) is 10.9 Å². The van der Waals surface area contributed by atoms with E-state index in [2.05, 4.69) is 53.5 Å². The molecule has 0 amide bonds. The highest BCUT2D eigenvalue weighted by Crippen LogP contribution is 2.06. The average molecular weight is 281 g/mol. The fourth-order valence-corrected chi connectivity index (χ4v) is 1.76. The van der Waals surface area contributed by atoms with E-state index in [1.807, 2.05) is 0 Å². The zero-order valence-corrected chi connectivity index (χ0v) is 13.2. The maximum atomic E-state index is 4.93. The van der Waals surface area contributed by atoms with Gasteiger partial charge in [0.2, 0.25) is 5.89 Å². The van der Waals surface area contributed by atoms with Crippen LogP contribution in [0.25, 0.3) is 0 Å². The Hall–Kier alpha value is -1.59. The molecule has 0 aromatic carbocycles. The maximum absolute atomic E-state index is 4.93. The number of rotatable bonds is 7. The predicted octanol–water partition coefficient (Wildman–Crippen LogP) is 2.26. The van der Waals surface area contributed by atoms with Crippen LogP contribution < -0.4 is 10.6 Å². The van der Waals surface area contributed by atoms with E-state index >= 15 is 0 Å². The summed E-state index contributed by atoms with van der Waals surface area (Å²) in [6, 6.07) is 0.391. The van der Waals surface area contributed by atoms with E-state index in [0.29, 0.717) is 24.3 Å². The van der Waals surface area contributed by atoms with Gasteiger partial charge in [-0.25, -0.2) is 4.99 Å². The molecular formula is C14H27N5O.